The third-order valence-corrected chi connectivity index (χ3v) is 2.75. The highest BCUT2D eigenvalue weighted by molar-refractivity contribution is 5.98. The van der Waals surface area contributed by atoms with Crippen molar-refractivity contribution in [1.29, 1.82) is 0 Å². The summed E-state index contributed by atoms with van der Waals surface area (Å²) in [5.41, 5.74) is 1.82. The molecule has 1 aromatic carbocycles. The SMILES string of the molecule is COCCNCc1cc2c(cc1F)CNC2=O. The molecule has 0 fully saturated rings. The van der Waals surface area contributed by atoms with E-state index in [0.717, 1.165) is 5.56 Å². The molecule has 0 aliphatic carbocycles. The molecular formula is C12H15FN2O2. The van der Waals surface area contributed by atoms with Crippen LogP contribution in [0.15, 0.2) is 12.1 Å². The number of methoxy groups -OCH3 is 1. The maximum atomic E-state index is 13.7. The van der Waals surface area contributed by atoms with E-state index < -0.39 is 0 Å². The number of halogens is 1. The molecule has 0 bridgehead atoms. The zero-order chi connectivity index (χ0) is 12.3. The molecule has 1 aliphatic heterocycles. The van der Waals surface area contributed by atoms with Crippen LogP contribution in [0.4, 0.5) is 4.39 Å². The van der Waals surface area contributed by atoms with Crippen molar-refractivity contribution in [3.8, 4) is 0 Å². The fourth-order valence-electron chi connectivity index (χ4n) is 1.82. The van der Waals surface area contributed by atoms with Crippen LogP contribution in [0.2, 0.25) is 0 Å². The number of nitrogens with one attached hydrogen (secondary N) is 2. The van der Waals surface area contributed by atoms with Gasteiger partial charge in [0.05, 0.1) is 6.61 Å². The first kappa shape index (κ1) is 12.0. The number of benzene rings is 1. The molecule has 0 radical (unpaired) electrons. The predicted octanol–water partition coefficient (Wildman–Crippen LogP) is 0.805. The van der Waals surface area contributed by atoms with Crippen molar-refractivity contribution in [3.63, 3.8) is 0 Å². The number of amides is 1. The summed E-state index contributed by atoms with van der Waals surface area (Å²) in [6, 6.07) is 3.05. The first-order valence-electron chi connectivity index (χ1n) is 5.51. The number of carbonyl (C=O) groups excluding carboxylic acids is 1. The van der Waals surface area contributed by atoms with Crippen molar-refractivity contribution in [1.82, 2.24) is 10.6 Å². The van der Waals surface area contributed by atoms with Crippen LogP contribution in [-0.4, -0.2) is 26.2 Å². The summed E-state index contributed by atoms with van der Waals surface area (Å²) < 4.78 is 18.6. The highest BCUT2D eigenvalue weighted by Crippen LogP contribution is 2.20. The second-order valence-electron chi connectivity index (χ2n) is 3.95. The first-order valence-corrected chi connectivity index (χ1v) is 5.51. The van der Waals surface area contributed by atoms with Crippen LogP contribution in [0.25, 0.3) is 0 Å². The van der Waals surface area contributed by atoms with Gasteiger partial charge in [-0.1, -0.05) is 0 Å². The Hall–Kier alpha value is -1.46. The van der Waals surface area contributed by atoms with Gasteiger partial charge in [-0.25, -0.2) is 4.39 Å². The minimum absolute atomic E-state index is 0.127. The van der Waals surface area contributed by atoms with Crippen LogP contribution in [0.3, 0.4) is 0 Å². The van der Waals surface area contributed by atoms with Crippen molar-refractivity contribution in [3.05, 3.63) is 34.6 Å². The second-order valence-corrected chi connectivity index (χ2v) is 3.95. The fourth-order valence-corrected chi connectivity index (χ4v) is 1.82. The Balaban J connectivity index is 2.07. The van der Waals surface area contributed by atoms with E-state index in [2.05, 4.69) is 10.6 Å². The molecule has 1 amide bonds. The van der Waals surface area contributed by atoms with Crippen molar-refractivity contribution in [2.45, 2.75) is 13.1 Å². The normalized spacial score (nSPS) is 13.6. The van der Waals surface area contributed by atoms with Gasteiger partial charge >= 0.3 is 0 Å². The lowest BCUT2D eigenvalue weighted by molar-refractivity contribution is 0.0965. The summed E-state index contributed by atoms with van der Waals surface area (Å²) in [7, 11) is 1.61. The molecule has 5 heteroatoms. The molecule has 0 saturated heterocycles. The van der Waals surface area contributed by atoms with Gasteiger partial charge in [0.2, 0.25) is 0 Å². The van der Waals surface area contributed by atoms with E-state index in [1.54, 1.807) is 13.2 Å². The minimum Gasteiger partial charge on any atom is -0.383 e. The Labute approximate surface area is 99.2 Å². The maximum Gasteiger partial charge on any atom is 0.251 e. The van der Waals surface area contributed by atoms with E-state index >= 15 is 0 Å². The fraction of sp³-hybridized carbons (Fsp3) is 0.417. The third kappa shape index (κ3) is 2.62. The molecule has 1 aliphatic rings. The molecular weight excluding hydrogens is 223 g/mol. The van der Waals surface area contributed by atoms with Crippen LogP contribution in [0, 0.1) is 5.82 Å². The number of carbonyl (C=O) groups is 1. The molecule has 1 aromatic rings. The zero-order valence-corrected chi connectivity index (χ0v) is 9.68. The second kappa shape index (κ2) is 5.25. The molecule has 2 N–H and O–H groups in total. The average Bonchev–Trinajstić information content (AvgIpc) is 2.66. The molecule has 17 heavy (non-hydrogen) atoms. The number of rotatable bonds is 5. The topological polar surface area (TPSA) is 50.4 Å². The van der Waals surface area contributed by atoms with E-state index in [4.69, 9.17) is 4.74 Å². The van der Waals surface area contributed by atoms with Gasteiger partial charge < -0.3 is 15.4 Å². The van der Waals surface area contributed by atoms with Gasteiger partial charge in [-0.05, 0) is 17.7 Å². The number of ether oxygens (including phenoxy) is 1. The lowest BCUT2D eigenvalue weighted by atomic mass is 10.1. The van der Waals surface area contributed by atoms with E-state index in [0.29, 0.717) is 37.4 Å². The van der Waals surface area contributed by atoms with Crippen LogP contribution in [0.1, 0.15) is 21.5 Å². The first-order chi connectivity index (χ1) is 8.22. The maximum absolute atomic E-state index is 13.7. The zero-order valence-electron chi connectivity index (χ0n) is 9.68. The van der Waals surface area contributed by atoms with Crippen molar-refractivity contribution < 1.29 is 13.9 Å². The Bertz CT molecular complexity index is 435. The lowest BCUT2D eigenvalue weighted by Gasteiger charge is -2.07. The molecule has 0 saturated carbocycles. The molecule has 0 spiro atoms. The largest absolute Gasteiger partial charge is 0.383 e. The van der Waals surface area contributed by atoms with Crippen LogP contribution in [0.5, 0.6) is 0 Å². The standard InChI is InChI=1S/C12H15FN2O2/c1-17-3-2-14-6-9-4-10-8(5-11(9)13)7-15-12(10)16/h4-5,14H,2-3,6-7H2,1H3,(H,15,16). The molecule has 0 atom stereocenters. The Morgan fingerprint density at radius 1 is 1.53 bits per heavy atom. The smallest absolute Gasteiger partial charge is 0.251 e. The number of fused-ring (bicyclic) bond motifs is 1. The van der Waals surface area contributed by atoms with E-state index in [9.17, 15) is 9.18 Å². The van der Waals surface area contributed by atoms with Crippen LogP contribution < -0.4 is 10.6 Å². The average molecular weight is 238 g/mol. The van der Waals surface area contributed by atoms with Crippen molar-refractivity contribution >= 4 is 5.91 Å². The molecule has 4 nitrogen and oxygen atoms in total. The number of hydrogen-bond acceptors (Lipinski definition) is 3. The molecule has 0 aromatic heterocycles. The summed E-state index contributed by atoms with van der Waals surface area (Å²) in [5.74, 6) is -0.400. The van der Waals surface area contributed by atoms with E-state index in [-0.39, 0.29) is 11.7 Å². The van der Waals surface area contributed by atoms with Gasteiger partial charge in [0.15, 0.2) is 0 Å². The van der Waals surface area contributed by atoms with Gasteiger partial charge in [0.25, 0.3) is 5.91 Å². The van der Waals surface area contributed by atoms with Crippen LogP contribution >= 0.6 is 0 Å². The molecule has 0 unspecified atom stereocenters. The van der Waals surface area contributed by atoms with Crippen LogP contribution in [-0.2, 0) is 17.8 Å². The predicted molar refractivity (Wildman–Crippen MR) is 61.2 cm³/mol. The van der Waals surface area contributed by atoms with Gasteiger partial charge in [-0.15, -0.1) is 0 Å². The Morgan fingerprint density at radius 3 is 3.12 bits per heavy atom. The summed E-state index contributed by atoms with van der Waals surface area (Å²) in [6.45, 7) is 2.05. The van der Waals surface area contributed by atoms with E-state index in [1.807, 2.05) is 0 Å². The van der Waals surface area contributed by atoms with Gasteiger partial charge in [0.1, 0.15) is 5.82 Å². The van der Waals surface area contributed by atoms with Gasteiger partial charge in [-0.2, -0.15) is 0 Å². The number of hydrogen-bond donors (Lipinski definition) is 2. The minimum atomic E-state index is -0.273. The highest BCUT2D eigenvalue weighted by atomic mass is 19.1. The monoisotopic (exact) mass is 238 g/mol. The highest BCUT2D eigenvalue weighted by Gasteiger charge is 2.20. The van der Waals surface area contributed by atoms with Crippen molar-refractivity contribution in [2.75, 3.05) is 20.3 Å². The lowest BCUT2D eigenvalue weighted by Crippen LogP contribution is -2.19. The van der Waals surface area contributed by atoms with E-state index in [1.165, 1.54) is 6.07 Å². The Morgan fingerprint density at radius 2 is 2.35 bits per heavy atom. The van der Waals surface area contributed by atoms with Crippen molar-refractivity contribution in [2.24, 2.45) is 0 Å². The molecule has 2 rings (SSSR count). The summed E-state index contributed by atoms with van der Waals surface area (Å²) in [4.78, 5) is 11.4. The summed E-state index contributed by atoms with van der Waals surface area (Å²) >= 11 is 0. The molecule has 92 valence electrons. The van der Waals surface area contributed by atoms with Gasteiger partial charge in [-0.3, -0.25) is 4.79 Å². The Kier molecular flexibility index (Phi) is 3.71. The van der Waals surface area contributed by atoms with Gasteiger partial charge in [0, 0.05) is 37.9 Å². The summed E-state index contributed by atoms with van der Waals surface area (Å²) in [6.07, 6.45) is 0. The quantitative estimate of drug-likeness (QED) is 0.746. The summed E-state index contributed by atoms with van der Waals surface area (Å²) in [5, 5.41) is 5.72. The third-order valence-electron chi connectivity index (χ3n) is 2.75. The molecule has 1 heterocycles.